The highest BCUT2D eigenvalue weighted by atomic mass is 35.5. The molecule has 0 aliphatic carbocycles. The van der Waals surface area contributed by atoms with Gasteiger partial charge in [0.15, 0.2) is 12.0 Å². The van der Waals surface area contributed by atoms with Crippen LogP contribution in [0.3, 0.4) is 0 Å². The molecule has 4 rings (SSSR count). The number of anilines is 1. The van der Waals surface area contributed by atoms with Gasteiger partial charge in [-0.15, -0.1) is 0 Å². The van der Waals surface area contributed by atoms with Crippen LogP contribution in [0, 0.1) is 0 Å². The molecule has 1 heterocycles. The maximum Gasteiger partial charge on any atom is 0.262 e. The van der Waals surface area contributed by atoms with Gasteiger partial charge in [-0.05, 0) is 18.2 Å². The second kappa shape index (κ2) is 8.71. The SMILES string of the molecule is O=C(COc1cc(O)c2c(=O)cc(-c3ccccc3)oc2c1)Nc1cc(Cl)ccc1Cl. The first-order chi connectivity index (χ1) is 14.9. The molecule has 0 fully saturated rings. The highest BCUT2D eigenvalue weighted by Gasteiger charge is 2.14. The number of rotatable bonds is 5. The van der Waals surface area contributed by atoms with E-state index < -0.39 is 11.3 Å². The first-order valence-electron chi connectivity index (χ1n) is 9.15. The van der Waals surface area contributed by atoms with Crippen LogP contribution in [-0.4, -0.2) is 17.6 Å². The standard InChI is InChI=1S/C23H15Cl2NO5/c24-14-6-7-16(25)17(8-14)26-22(29)12-30-15-9-18(27)23-19(28)11-20(31-21(23)10-15)13-4-2-1-3-5-13/h1-11,27H,12H2,(H,26,29). The number of carbonyl (C=O) groups is 1. The number of aromatic hydroxyl groups is 1. The summed E-state index contributed by atoms with van der Waals surface area (Å²) in [4.78, 5) is 24.7. The van der Waals surface area contributed by atoms with Crippen molar-refractivity contribution < 1.29 is 19.1 Å². The smallest absolute Gasteiger partial charge is 0.262 e. The van der Waals surface area contributed by atoms with Gasteiger partial charge in [-0.2, -0.15) is 0 Å². The van der Waals surface area contributed by atoms with Gasteiger partial charge in [0.1, 0.15) is 28.2 Å². The lowest BCUT2D eigenvalue weighted by Crippen LogP contribution is -2.20. The number of carbonyl (C=O) groups excluding carboxylic acids is 1. The Labute approximate surface area is 186 Å². The van der Waals surface area contributed by atoms with Gasteiger partial charge in [-0.25, -0.2) is 0 Å². The fourth-order valence-electron chi connectivity index (χ4n) is 3.00. The second-order valence-corrected chi connectivity index (χ2v) is 7.46. The summed E-state index contributed by atoms with van der Waals surface area (Å²) < 4.78 is 11.3. The molecule has 1 aromatic heterocycles. The molecule has 4 aromatic rings. The molecule has 8 heteroatoms. The largest absolute Gasteiger partial charge is 0.507 e. The van der Waals surface area contributed by atoms with Crippen LogP contribution in [0.1, 0.15) is 0 Å². The number of amides is 1. The molecule has 0 saturated heterocycles. The van der Waals surface area contributed by atoms with Gasteiger partial charge in [-0.1, -0.05) is 53.5 Å². The summed E-state index contributed by atoms with van der Waals surface area (Å²) in [6.07, 6.45) is 0. The van der Waals surface area contributed by atoms with Crippen LogP contribution in [0.2, 0.25) is 10.0 Å². The molecule has 2 N–H and O–H groups in total. The quantitative estimate of drug-likeness (QED) is 0.415. The summed E-state index contributed by atoms with van der Waals surface area (Å²) in [6.45, 7) is -0.365. The highest BCUT2D eigenvalue weighted by Crippen LogP contribution is 2.31. The van der Waals surface area contributed by atoms with Crippen molar-refractivity contribution in [2.45, 2.75) is 0 Å². The molecule has 0 unspecified atom stereocenters. The van der Waals surface area contributed by atoms with E-state index in [1.165, 1.54) is 24.3 Å². The van der Waals surface area contributed by atoms with Crippen LogP contribution in [0.4, 0.5) is 5.69 Å². The summed E-state index contributed by atoms with van der Waals surface area (Å²) in [7, 11) is 0. The molecule has 0 aliphatic heterocycles. The molecule has 6 nitrogen and oxygen atoms in total. The van der Waals surface area contributed by atoms with E-state index in [0.29, 0.717) is 27.1 Å². The number of hydrogen-bond donors (Lipinski definition) is 2. The third-order valence-electron chi connectivity index (χ3n) is 4.41. The minimum atomic E-state index is -0.483. The maximum atomic E-state index is 12.5. The van der Waals surface area contributed by atoms with Gasteiger partial charge < -0.3 is 19.6 Å². The molecule has 0 bridgehead atoms. The lowest BCUT2D eigenvalue weighted by atomic mass is 10.1. The number of fused-ring (bicyclic) bond motifs is 1. The Hall–Kier alpha value is -3.48. The number of phenolic OH excluding ortho intramolecular Hbond substituents is 1. The van der Waals surface area contributed by atoms with Gasteiger partial charge in [-0.3, -0.25) is 9.59 Å². The van der Waals surface area contributed by atoms with E-state index in [2.05, 4.69) is 5.32 Å². The van der Waals surface area contributed by atoms with Crippen molar-refractivity contribution >= 4 is 45.8 Å². The van der Waals surface area contributed by atoms with Crippen LogP contribution in [-0.2, 0) is 4.79 Å². The Bertz CT molecular complexity index is 1340. The fourth-order valence-corrected chi connectivity index (χ4v) is 3.34. The zero-order valence-electron chi connectivity index (χ0n) is 15.9. The number of halogens is 2. The van der Waals surface area contributed by atoms with Crippen molar-refractivity contribution in [2.24, 2.45) is 0 Å². The van der Waals surface area contributed by atoms with E-state index in [1.54, 1.807) is 24.3 Å². The lowest BCUT2D eigenvalue weighted by molar-refractivity contribution is -0.118. The predicted octanol–water partition coefficient (Wildman–Crippen LogP) is 5.49. The van der Waals surface area contributed by atoms with Gasteiger partial charge in [0.25, 0.3) is 5.91 Å². The lowest BCUT2D eigenvalue weighted by Gasteiger charge is -2.10. The Morgan fingerprint density at radius 3 is 2.58 bits per heavy atom. The molecule has 156 valence electrons. The molecule has 0 atom stereocenters. The average molecular weight is 456 g/mol. The molecule has 0 radical (unpaired) electrons. The van der Waals surface area contributed by atoms with Crippen LogP contribution in [0.25, 0.3) is 22.3 Å². The van der Waals surface area contributed by atoms with E-state index >= 15 is 0 Å². The van der Waals surface area contributed by atoms with Crippen LogP contribution >= 0.6 is 23.2 Å². The molecule has 1 amide bonds. The summed E-state index contributed by atoms with van der Waals surface area (Å²) in [5, 5.41) is 13.7. The van der Waals surface area contributed by atoms with Gasteiger partial charge in [0, 0.05) is 28.8 Å². The van der Waals surface area contributed by atoms with E-state index in [0.717, 1.165) is 0 Å². The first-order valence-corrected chi connectivity index (χ1v) is 9.90. The number of nitrogens with one attached hydrogen (secondary N) is 1. The Morgan fingerprint density at radius 2 is 1.81 bits per heavy atom. The van der Waals surface area contributed by atoms with Crippen molar-refractivity contribution in [3.8, 4) is 22.8 Å². The molecular weight excluding hydrogens is 441 g/mol. The fraction of sp³-hybridized carbons (Fsp3) is 0.0435. The van der Waals surface area contributed by atoms with E-state index in [4.69, 9.17) is 32.4 Å². The molecular formula is C23H15Cl2NO5. The third-order valence-corrected chi connectivity index (χ3v) is 4.98. The van der Waals surface area contributed by atoms with Gasteiger partial charge in [0.2, 0.25) is 0 Å². The Balaban J connectivity index is 1.57. The van der Waals surface area contributed by atoms with Crippen molar-refractivity contribution in [1.82, 2.24) is 0 Å². The van der Waals surface area contributed by atoms with Crippen LogP contribution in [0.15, 0.2) is 75.9 Å². The van der Waals surface area contributed by atoms with Gasteiger partial charge in [0.05, 0.1) is 10.7 Å². The molecule has 0 spiro atoms. The maximum absolute atomic E-state index is 12.5. The van der Waals surface area contributed by atoms with Crippen molar-refractivity contribution in [1.29, 1.82) is 0 Å². The topological polar surface area (TPSA) is 88.8 Å². The third kappa shape index (κ3) is 4.66. The monoisotopic (exact) mass is 455 g/mol. The van der Waals surface area contributed by atoms with Crippen LogP contribution < -0.4 is 15.5 Å². The molecule has 31 heavy (non-hydrogen) atoms. The molecule has 0 aliphatic rings. The second-order valence-electron chi connectivity index (χ2n) is 6.62. The van der Waals surface area contributed by atoms with Crippen molar-refractivity contribution in [3.05, 3.63) is 87.0 Å². The number of hydrogen-bond acceptors (Lipinski definition) is 5. The zero-order chi connectivity index (χ0) is 22.0. The predicted molar refractivity (Wildman–Crippen MR) is 120 cm³/mol. The number of benzene rings is 3. The first kappa shape index (κ1) is 20.8. The molecule has 3 aromatic carbocycles. The van der Waals surface area contributed by atoms with Crippen molar-refractivity contribution in [2.75, 3.05) is 11.9 Å². The Kier molecular flexibility index (Phi) is 5.84. The molecule has 0 saturated carbocycles. The van der Waals surface area contributed by atoms with Crippen molar-refractivity contribution in [3.63, 3.8) is 0 Å². The van der Waals surface area contributed by atoms with E-state index in [-0.39, 0.29) is 29.1 Å². The normalized spacial score (nSPS) is 10.8. The van der Waals surface area contributed by atoms with E-state index in [9.17, 15) is 14.7 Å². The number of ether oxygens (including phenoxy) is 1. The van der Waals surface area contributed by atoms with E-state index in [1.807, 2.05) is 18.2 Å². The summed E-state index contributed by atoms with van der Waals surface area (Å²) in [5.41, 5.74) is 0.810. The number of phenols is 1. The zero-order valence-corrected chi connectivity index (χ0v) is 17.4. The Morgan fingerprint density at radius 1 is 1.03 bits per heavy atom. The minimum Gasteiger partial charge on any atom is -0.507 e. The summed E-state index contributed by atoms with van der Waals surface area (Å²) >= 11 is 11.9. The average Bonchev–Trinajstić information content (AvgIpc) is 2.75. The van der Waals surface area contributed by atoms with Gasteiger partial charge >= 0.3 is 0 Å². The van der Waals surface area contributed by atoms with Crippen LogP contribution in [0.5, 0.6) is 11.5 Å². The summed E-state index contributed by atoms with van der Waals surface area (Å²) in [6, 6.07) is 17.8. The summed E-state index contributed by atoms with van der Waals surface area (Å²) in [5.74, 6) is -0.281. The highest BCUT2D eigenvalue weighted by molar-refractivity contribution is 6.35. The minimum absolute atomic E-state index is 0.0298.